The Bertz CT molecular complexity index is 337. The average Bonchev–Trinajstić information content (AvgIpc) is 2.69. The molecule has 4 heteroatoms. The van der Waals surface area contributed by atoms with Gasteiger partial charge in [0.05, 0.1) is 0 Å². The summed E-state index contributed by atoms with van der Waals surface area (Å²) in [5.41, 5.74) is 1.10. The smallest absolute Gasteiger partial charge is 0.130 e. The van der Waals surface area contributed by atoms with Crippen LogP contribution in [-0.2, 0) is 5.75 Å². The zero-order valence-electron chi connectivity index (χ0n) is 8.38. The Morgan fingerprint density at radius 2 is 2.07 bits per heavy atom. The van der Waals surface area contributed by atoms with Gasteiger partial charge in [-0.25, -0.2) is 4.98 Å². The van der Waals surface area contributed by atoms with Crippen molar-refractivity contribution in [1.82, 2.24) is 4.98 Å². The van der Waals surface area contributed by atoms with E-state index in [-0.39, 0.29) is 0 Å². The van der Waals surface area contributed by atoms with Crippen LogP contribution in [0.2, 0.25) is 10.2 Å². The Labute approximate surface area is 105 Å². The number of thioether (sulfide) groups is 1. The summed E-state index contributed by atoms with van der Waals surface area (Å²) >= 11 is 13.8. The van der Waals surface area contributed by atoms with Crippen molar-refractivity contribution in [2.24, 2.45) is 0 Å². The summed E-state index contributed by atoms with van der Waals surface area (Å²) < 4.78 is 0. The fraction of sp³-hybridized carbons (Fsp3) is 0.545. The van der Waals surface area contributed by atoms with Gasteiger partial charge in [0.25, 0.3) is 0 Å². The highest BCUT2D eigenvalue weighted by Crippen LogP contribution is 2.33. The monoisotopic (exact) mass is 261 g/mol. The van der Waals surface area contributed by atoms with Crippen molar-refractivity contribution in [2.45, 2.75) is 36.7 Å². The molecule has 82 valence electrons. The number of hydrogen-bond donors (Lipinski definition) is 0. The first-order valence-corrected chi connectivity index (χ1v) is 6.97. The summed E-state index contributed by atoms with van der Waals surface area (Å²) in [6, 6.07) is 1.72. The van der Waals surface area contributed by atoms with Crippen molar-refractivity contribution < 1.29 is 0 Å². The lowest BCUT2D eigenvalue weighted by atomic mass is 10.3. The van der Waals surface area contributed by atoms with Crippen LogP contribution in [0.5, 0.6) is 0 Å². The minimum Gasteiger partial charge on any atom is -0.244 e. The molecule has 0 amide bonds. The summed E-state index contributed by atoms with van der Waals surface area (Å²) in [4.78, 5) is 4.05. The highest BCUT2D eigenvalue weighted by molar-refractivity contribution is 7.99. The maximum absolute atomic E-state index is 6.08. The van der Waals surface area contributed by atoms with Gasteiger partial charge in [-0.3, -0.25) is 0 Å². The summed E-state index contributed by atoms with van der Waals surface area (Å²) in [5.74, 6) is 0.952. The number of halogens is 2. The van der Waals surface area contributed by atoms with Gasteiger partial charge < -0.3 is 0 Å². The van der Waals surface area contributed by atoms with Crippen molar-refractivity contribution in [2.75, 3.05) is 0 Å². The van der Waals surface area contributed by atoms with Crippen LogP contribution in [0.25, 0.3) is 0 Å². The van der Waals surface area contributed by atoms with Crippen molar-refractivity contribution in [1.29, 1.82) is 0 Å². The Kier molecular flexibility index (Phi) is 4.18. The third-order valence-electron chi connectivity index (χ3n) is 2.67. The van der Waals surface area contributed by atoms with E-state index in [1.165, 1.54) is 25.7 Å². The number of rotatable bonds is 3. The van der Waals surface area contributed by atoms with Gasteiger partial charge in [-0.15, -0.1) is 0 Å². The van der Waals surface area contributed by atoms with Gasteiger partial charge in [-0.1, -0.05) is 36.0 Å². The largest absolute Gasteiger partial charge is 0.244 e. The maximum atomic E-state index is 6.08. The van der Waals surface area contributed by atoms with Gasteiger partial charge in [0.15, 0.2) is 0 Å². The van der Waals surface area contributed by atoms with Gasteiger partial charge in [0.2, 0.25) is 0 Å². The first-order valence-electron chi connectivity index (χ1n) is 5.17. The number of hydrogen-bond acceptors (Lipinski definition) is 2. The molecular weight excluding hydrogens is 249 g/mol. The second-order valence-corrected chi connectivity index (χ2v) is 5.90. The van der Waals surface area contributed by atoms with Crippen molar-refractivity contribution in [3.05, 3.63) is 28.0 Å². The van der Waals surface area contributed by atoms with Gasteiger partial charge in [0, 0.05) is 22.2 Å². The lowest BCUT2D eigenvalue weighted by Crippen LogP contribution is -1.95. The van der Waals surface area contributed by atoms with Crippen LogP contribution in [0, 0.1) is 0 Å². The predicted octanol–water partition coefficient (Wildman–Crippen LogP) is 4.56. The average molecular weight is 262 g/mol. The Balaban J connectivity index is 1.92. The Morgan fingerprint density at radius 1 is 1.33 bits per heavy atom. The standard InChI is InChI=1S/C11H13Cl2NS/c12-10-5-11(13)14-6-8(10)7-15-9-3-1-2-4-9/h5-6,9H,1-4,7H2. The number of aromatic nitrogens is 1. The van der Waals surface area contributed by atoms with Crippen molar-refractivity contribution >= 4 is 35.0 Å². The highest BCUT2D eigenvalue weighted by atomic mass is 35.5. The molecule has 0 aliphatic heterocycles. The zero-order chi connectivity index (χ0) is 10.7. The fourth-order valence-corrected chi connectivity index (χ4v) is 3.63. The van der Waals surface area contributed by atoms with Crippen LogP contribution in [0.15, 0.2) is 12.3 Å². The minimum atomic E-state index is 0.467. The lowest BCUT2D eigenvalue weighted by Gasteiger charge is -2.09. The minimum absolute atomic E-state index is 0.467. The molecule has 0 atom stereocenters. The van der Waals surface area contributed by atoms with Crippen LogP contribution in [-0.4, -0.2) is 10.2 Å². The van der Waals surface area contributed by atoms with E-state index < -0.39 is 0 Å². The molecule has 1 saturated carbocycles. The third-order valence-corrected chi connectivity index (χ3v) is 4.65. The number of nitrogens with zero attached hydrogens (tertiary/aromatic N) is 1. The van der Waals surface area contributed by atoms with Gasteiger partial charge in [-0.2, -0.15) is 11.8 Å². The Hall–Kier alpha value is 0.0800. The molecule has 1 fully saturated rings. The molecule has 1 aromatic heterocycles. The molecule has 0 saturated heterocycles. The molecular formula is C11H13Cl2NS. The van der Waals surface area contributed by atoms with E-state index in [9.17, 15) is 0 Å². The zero-order valence-corrected chi connectivity index (χ0v) is 10.7. The molecule has 0 aromatic carbocycles. The van der Waals surface area contributed by atoms with Crippen LogP contribution < -0.4 is 0 Å². The summed E-state index contributed by atoms with van der Waals surface area (Å²) in [6.45, 7) is 0. The van der Waals surface area contributed by atoms with Crippen LogP contribution in [0.4, 0.5) is 0 Å². The van der Waals surface area contributed by atoms with Crippen LogP contribution in [0.3, 0.4) is 0 Å². The maximum Gasteiger partial charge on any atom is 0.130 e. The summed E-state index contributed by atoms with van der Waals surface area (Å²) in [5, 5.41) is 2.02. The Morgan fingerprint density at radius 3 is 2.73 bits per heavy atom. The van der Waals surface area contributed by atoms with Gasteiger partial charge >= 0.3 is 0 Å². The molecule has 1 aliphatic carbocycles. The first kappa shape index (κ1) is 11.6. The molecule has 1 nitrogen and oxygen atoms in total. The molecule has 1 aromatic rings. The molecule has 0 spiro atoms. The van der Waals surface area contributed by atoms with E-state index in [0.29, 0.717) is 5.15 Å². The van der Waals surface area contributed by atoms with Gasteiger partial charge in [-0.05, 0) is 24.5 Å². The van der Waals surface area contributed by atoms with E-state index in [1.807, 2.05) is 11.8 Å². The van der Waals surface area contributed by atoms with E-state index in [1.54, 1.807) is 12.3 Å². The predicted molar refractivity (Wildman–Crippen MR) is 67.8 cm³/mol. The SMILES string of the molecule is Clc1cc(Cl)c(CSC2CCCC2)cn1. The van der Waals surface area contributed by atoms with Crippen molar-refractivity contribution in [3.63, 3.8) is 0 Å². The lowest BCUT2D eigenvalue weighted by molar-refractivity contribution is 0.886. The molecule has 15 heavy (non-hydrogen) atoms. The topological polar surface area (TPSA) is 12.9 Å². The summed E-state index contributed by atoms with van der Waals surface area (Å²) in [6.07, 6.45) is 7.24. The molecule has 1 heterocycles. The third kappa shape index (κ3) is 3.27. The second-order valence-electron chi connectivity index (χ2n) is 3.82. The van der Waals surface area contributed by atoms with E-state index in [0.717, 1.165) is 21.6 Å². The molecule has 0 radical (unpaired) electrons. The van der Waals surface area contributed by atoms with Crippen LogP contribution in [0.1, 0.15) is 31.2 Å². The fourth-order valence-electron chi connectivity index (χ4n) is 1.80. The highest BCUT2D eigenvalue weighted by Gasteiger charge is 2.15. The molecule has 1 aliphatic rings. The van der Waals surface area contributed by atoms with E-state index >= 15 is 0 Å². The first-order chi connectivity index (χ1) is 7.25. The van der Waals surface area contributed by atoms with E-state index in [2.05, 4.69) is 4.98 Å². The molecule has 2 rings (SSSR count). The van der Waals surface area contributed by atoms with Crippen molar-refractivity contribution in [3.8, 4) is 0 Å². The second kappa shape index (κ2) is 5.42. The number of pyridine rings is 1. The van der Waals surface area contributed by atoms with Crippen LogP contribution >= 0.6 is 35.0 Å². The molecule has 0 N–H and O–H groups in total. The normalized spacial score (nSPS) is 17.2. The van der Waals surface area contributed by atoms with Gasteiger partial charge in [0.1, 0.15) is 5.15 Å². The quantitative estimate of drug-likeness (QED) is 0.740. The summed E-state index contributed by atoms with van der Waals surface area (Å²) in [7, 11) is 0. The molecule has 0 unspecified atom stereocenters. The molecule has 0 bridgehead atoms. The van der Waals surface area contributed by atoms with E-state index in [4.69, 9.17) is 23.2 Å².